The van der Waals surface area contributed by atoms with Crippen LogP contribution in [0.3, 0.4) is 0 Å². The van der Waals surface area contributed by atoms with Crippen LogP contribution in [-0.4, -0.2) is 11.5 Å². The Kier molecular flexibility index (Phi) is 3.74. The summed E-state index contributed by atoms with van der Waals surface area (Å²) < 4.78 is 0. The number of fused-ring (bicyclic) bond motifs is 1. The number of aromatic amines is 1. The molecule has 0 aliphatic heterocycles. The van der Waals surface area contributed by atoms with Crippen LogP contribution in [0.2, 0.25) is 0 Å². The average Bonchev–Trinajstić information content (AvgIpc) is 2.53. The zero-order chi connectivity index (χ0) is 10.1. The number of nitrogens with two attached hydrogens (primary N) is 2. The lowest BCUT2D eigenvalue weighted by Crippen LogP contribution is -2.21. The number of nitrogens with one attached hydrogen (secondary N) is 1. The molecule has 15 heavy (non-hydrogen) atoms. The average molecular weight is 226 g/mol. The first-order valence-electron chi connectivity index (χ1n) is 4.77. The normalized spacial score (nSPS) is 12.5. The number of aryl methyl sites for hydroxylation is 1. The molecule has 0 aliphatic carbocycles. The van der Waals surface area contributed by atoms with E-state index in [1.807, 2.05) is 19.1 Å². The highest BCUT2D eigenvalue weighted by atomic mass is 35.5. The number of benzene rings is 1. The van der Waals surface area contributed by atoms with E-state index in [0.717, 1.165) is 16.8 Å². The molecule has 82 valence electrons. The summed E-state index contributed by atoms with van der Waals surface area (Å²) in [4.78, 5) is 3.31. The van der Waals surface area contributed by atoms with E-state index in [-0.39, 0.29) is 18.4 Å². The van der Waals surface area contributed by atoms with Gasteiger partial charge in [0.2, 0.25) is 0 Å². The largest absolute Gasteiger partial charge is 0.358 e. The fourth-order valence-electron chi connectivity index (χ4n) is 1.89. The smallest absolute Gasteiger partial charge is 0.0459 e. The third-order valence-electron chi connectivity index (χ3n) is 2.57. The standard InChI is InChI=1S/C11H15N3.ClH/c1-7-11(9(13)6-12)8-4-2-3-5-10(8)14-7;/h2-5,9,14H,6,12-13H2,1H3;1H/t9-;/m1./s1. The van der Waals surface area contributed by atoms with E-state index in [0.29, 0.717) is 6.54 Å². The Morgan fingerprint density at radius 3 is 2.67 bits per heavy atom. The van der Waals surface area contributed by atoms with Gasteiger partial charge in [-0.2, -0.15) is 0 Å². The Labute approximate surface area is 95.2 Å². The monoisotopic (exact) mass is 225 g/mol. The zero-order valence-corrected chi connectivity index (χ0v) is 9.47. The van der Waals surface area contributed by atoms with Crippen molar-refractivity contribution in [1.82, 2.24) is 4.98 Å². The van der Waals surface area contributed by atoms with Gasteiger partial charge in [-0.3, -0.25) is 0 Å². The van der Waals surface area contributed by atoms with Crippen molar-refractivity contribution in [3.8, 4) is 0 Å². The van der Waals surface area contributed by atoms with Crippen LogP contribution in [0.25, 0.3) is 10.9 Å². The number of hydrogen-bond acceptors (Lipinski definition) is 2. The number of rotatable bonds is 2. The van der Waals surface area contributed by atoms with E-state index < -0.39 is 0 Å². The molecule has 1 heterocycles. The molecule has 0 saturated heterocycles. The molecule has 4 heteroatoms. The molecule has 0 fully saturated rings. The number of aromatic nitrogens is 1. The molecule has 0 unspecified atom stereocenters. The van der Waals surface area contributed by atoms with Crippen molar-refractivity contribution in [3.05, 3.63) is 35.5 Å². The highest BCUT2D eigenvalue weighted by Crippen LogP contribution is 2.25. The minimum absolute atomic E-state index is 0. The first-order chi connectivity index (χ1) is 6.74. The van der Waals surface area contributed by atoms with Gasteiger partial charge in [0.1, 0.15) is 0 Å². The highest BCUT2D eigenvalue weighted by Gasteiger charge is 2.13. The molecule has 0 bridgehead atoms. The van der Waals surface area contributed by atoms with E-state index in [4.69, 9.17) is 11.5 Å². The third kappa shape index (κ3) is 2.00. The summed E-state index contributed by atoms with van der Waals surface area (Å²) in [6.07, 6.45) is 0. The Balaban J connectivity index is 0.00000112. The number of hydrogen-bond donors (Lipinski definition) is 3. The van der Waals surface area contributed by atoms with Crippen LogP contribution in [0.5, 0.6) is 0 Å². The lowest BCUT2D eigenvalue weighted by atomic mass is 10.0. The van der Waals surface area contributed by atoms with Gasteiger partial charge in [0, 0.05) is 29.2 Å². The van der Waals surface area contributed by atoms with Gasteiger partial charge >= 0.3 is 0 Å². The molecule has 0 spiro atoms. The zero-order valence-electron chi connectivity index (χ0n) is 8.66. The summed E-state index contributed by atoms with van der Waals surface area (Å²) in [6.45, 7) is 2.51. The number of para-hydroxylation sites is 1. The van der Waals surface area contributed by atoms with E-state index in [1.54, 1.807) is 0 Å². The summed E-state index contributed by atoms with van der Waals surface area (Å²) in [5, 5.41) is 1.18. The molecule has 0 saturated carbocycles. The fraction of sp³-hybridized carbons (Fsp3) is 0.273. The molecule has 0 radical (unpaired) electrons. The van der Waals surface area contributed by atoms with Gasteiger partial charge in [0.15, 0.2) is 0 Å². The molecular formula is C11H16ClN3. The van der Waals surface area contributed by atoms with Crippen molar-refractivity contribution >= 4 is 23.3 Å². The molecule has 0 aliphatic rings. The fourth-order valence-corrected chi connectivity index (χ4v) is 1.89. The van der Waals surface area contributed by atoms with Gasteiger partial charge < -0.3 is 16.5 Å². The van der Waals surface area contributed by atoms with Crippen LogP contribution in [-0.2, 0) is 0 Å². The van der Waals surface area contributed by atoms with Crippen molar-refractivity contribution in [1.29, 1.82) is 0 Å². The predicted molar refractivity (Wildman–Crippen MR) is 66.3 cm³/mol. The van der Waals surface area contributed by atoms with E-state index in [1.165, 1.54) is 5.39 Å². The second kappa shape index (κ2) is 4.66. The Morgan fingerprint density at radius 1 is 1.33 bits per heavy atom. The molecule has 2 rings (SSSR count). The quantitative estimate of drug-likeness (QED) is 0.730. The Hall–Kier alpha value is -1.03. The lowest BCUT2D eigenvalue weighted by Gasteiger charge is -2.08. The number of H-pyrrole nitrogens is 1. The molecule has 2 aromatic rings. The third-order valence-corrected chi connectivity index (χ3v) is 2.57. The van der Waals surface area contributed by atoms with Gasteiger partial charge in [0.25, 0.3) is 0 Å². The van der Waals surface area contributed by atoms with Gasteiger partial charge in [0.05, 0.1) is 0 Å². The van der Waals surface area contributed by atoms with Gasteiger partial charge in [-0.15, -0.1) is 12.4 Å². The minimum atomic E-state index is -0.0776. The van der Waals surface area contributed by atoms with Gasteiger partial charge in [-0.1, -0.05) is 18.2 Å². The SMILES string of the molecule is Cc1[nH]c2ccccc2c1[C@H](N)CN.Cl. The molecule has 3 nitrogen and oxygen atoms in total. The Morgan fingerprint density at radius 2 is 2.00 bits per heavy atom. The molecular weight excluding hydrogens is 210 g/mol. The highest BCUT2D eigenvalue weighted by molar-refractivity contribution is 5.85. The van der Waals surface area contributed by atoms with Crippen molar-refractivity contribution < 1.29 is 0 Å². The van der Waals surface area contributed by atoms with Crippen LogP contribution in [0, 0.1) is 6.92 Å². The molecule has 1 aromatic heterocycles. The lowest BCUT2D eigenvalue weighted by molar-refractivity contribution is 0.737. The van der Waals surface area contributed by atoms with Crippen molar-refractivity contribution in [3.63, 3.8) is 0 Å². The molecule has 1 aromatic carbocycles. The minimum Gasteiger partial charge on any atom is -0.358 e. The first kappa shape index (κ1) is 12.0. The number of halogens is 1. The second-order valence-electron chi connectivity index (χ2n) is 3.55. The summed E-state index contributed by atoms with van der Waals surface area (Å²) in [5.74, 6) is 0. The van der Waals surface area contributed by atoms with Gasteiger partial charge in [-0.05, 0) is 18.6 Å². The molecule has 5 N–H and O–H groups in total. The summed E-state index contributed by atoms with van der Waals surface area (Å²) in [5.41, 5.74) is 14.9. The topological polar surface area (TPSA) is 67.8 Å². The van der Waals surface area contributed by atoms with Crippen molar-refractivity contribution in [2.24, 2.45) is 11.5 Å². The van der Waals surface area contributed by atoms with Gasteiger partial charge in [-0.25, -0.2) is 0 Å². The maximum atomic E-state index is 5.96. The van der Waals surface area contributed by atoms with Crippen molar-refractivity contribution in [2.75, 3.05) is 6.54 Å². The van der Waals surface area contributed by atoms with Crippen molar-refractivity contribution in [2.45, 2.75) is 13.0 Å². The maximum absolute atomic E-state index is 5.96. The predicted octanol–water partition coefficient (Wildman–Crippen LogP) is 1.86. The summed E-state index contributed by atoms with van der Waals surface area (Å²) in [7, 11) is 0. The van der Waals surface area contributed by atoms with E-state index in [9.17, 15) is 0 Å². The molecule has 1 atom stereocenters. The molecule has 0 amide bonds. The van der Waals surface area contributed by atoms with E-state index in [2.05, 4.69) is 17.1 Å². The second-order valence-corrected chi connectivity index (χ2v) is 3.55. The first-order valence-corrected chi connectivity index (χ1v) is 4.77. The van der Waals surface area contributed by atoms with Crippen LogP contribution in [0.15, 0.2) is 24.3 Å². The Bertz CT molecular complexity index is 450. The van der Waals surface area contributed by atoms with E-state index >= 15 is 0 Å². The summed E-state index contributed by atoms with van der Waals surface area (Å²) in [6, 6.07) is 8.07. The van der Waals surface area contributed by atoms with Crippen LogP contribution >= 0.6 is 12.4 Å². The van der Waals surface area contributed by atoms with Crippen LogP contribution in [0.4, 0.5) is 0 Å². The van der Waals surface area contributed by atoms with Crippen LogP contribution in [0.1, 0.15) is 17.3 Å². The summed E-state index contributed by atoms with van der Waals surface area (Å²) >= 11 is 0. The van der Waals surface area contributed by atoms with Crippen LogP contribution < -0.4 is 11.5 Å². The maximum Gasteiger partial charge on any atom is 0.0459 e.